The van der Waals surface area contributed by atoms with Crippen LogP contribution >= 0.6 is 0 Å². The van der Waals surface area contributed by atoms with Crippen molar-refractivity contribution in [2.75, 3.05) is 6.54 Å². The normalized spacial score (nSPS) is 30.9. The summed E-state index contributed by atoms with van der Waals surface area (Å²) in [6.07, 6.45) is 3.22. The van der Waals surface area contributed by atoms with Gasteiger partial charge in [-0.1, -0.05) is 20.8 Å². The molecule has 1 rings (SSSR count). The lowest BCUT2D eigenvalue weighted by molar-refractivity contribution is 0.306. The van der Waals surface area contributed by atoms with Gasteiger partial charge in [-0.05, 0) is 17.8 Å². The third-order valence-electron chi connectivity index (χ3n) is 1.85. The van der Waals surface area contributed by atoms with Crippen molar-refractivity contribution >= 4 is 6.21 Å². The molecule has 1 unspecified atom stereocenters. The van der Waals surface area contributed by atoms with Gasteiger partial charge in [-0.2, -0.15) is 5.10 Å². The third kappa shape index (κ3) is 2.01. The van der Waals surface area contributed by atoms with Crippen molar-refractivity contribution in [3.8, 4) is 0 Å². The molecule has 0 amide bonds. The highest BCUT2D eigenvalue weighted by atomic mass is 15.3. The maximum Gasteiger partial charge on any atom is 0.0380 e. The second-order valence-corrected chi connectivity index (χ2v) is 3.96. The van der Waals surface area contributed by atoms with E-state index in [0.717, 1.165) is 6.54 Å². The molecule has 1 atom stereocenters. The Morgan fingerprint density at radius 2 is 2.30 bits per heavy atom. The predicted molar refractivity (Wildman–Crippen MR) is 44.1 cm³/mol. The number of nitrogens with one attached hydrogen (secondary N) is 1. The quantitative estimate of drug-likeness (QED) is 0.543. The monoisotopic (exact) mass is 140 g/mol. The Hall–Kier alpha value is -0.530. The second-order valence-electron chi connectivity index (χ2n) is 3.96. The molecule has 0 saturated carbocycles. The minimum atomic E-state index is 0.399. The Morgan fingerprint density at radius 3 is 3.00 bits per heavy atom. The fourth-order valence-corrected chi connectivity index (χ4v) is 1.44. The molecule has 1 aliphatic heterocycles. The van der Waals surface area contributed by atoms with Crippen molar-refractivity contribution in [1.82, 2.24) is 5.43 Å². The molecule has 0 aromatic heterocycles. The standard InChI is InChI=1S/C8H16N2/c1-7-4-8(2,3)6-10-9-5-7/h5,7,10H,4,6H2,1-3H3. The molecule has 2 heteroatoms. The number of hydrogen-bond acceptors (Lipinski definition) is 2. The summed E-state index contributed by atoms with van der Waals surface area (Å²) in [6, 6.07) is 0. The maximum atomic E-state index is 4.07. The van der Waals surface area contributed by atoms with Gasteiger partial charge in [-0.15, -0.1) is 0 Å². The largest absolute Gasteiger partial charge is 0.310 e. The summed E-state index contributed by atoms with van der Waals surface area (Å²) in [6.45, 7) is 7.74. The van der Waals surface area contributed by atoms with Crippen molar-refractivity contribution in [3.63, 3.8) is 0 Å². The average Bonchev–Trinajstić information content (AvgIpc) is 1.90. The Balaban J connectivity index is 2.55. The van der Waals surface area contributed by atoms with Crippen molar-refractivity contribution in [2.45, 2.75) is 27.2 Å². The van der Waals surface area contributed by atoms with E-state index in [9.17, 15) is 0 Å². The van der Waals surface area contributed by atoms with E-state index in [2.05, 4.69) is 31.3 Å². The zero-order valence-corrected chi connectivity index (χ0v) is 7.02. The van der Waals surface area contributed by atoms with Gasteiger partial charge in [0, 0.05) is 12.8 Å². The summed E-state index contributed by atoms with van der Waals surface area (Å²) in [5.41, 5.74) is 3.44. The van der Waals surface area contributed by atoms with Crippen molar-refractivity contribution in [1.29, 1.82) is 0 Å². The first kappa shape index (κ1) is 7.58. The number of hydrogen-bond donors (Lipinski definition) is 1. The average molecular weight is 140 g/mol. The van der Waals surface area contributed by atoms with Gasteiger partial charge >= 0.3 is 0 Å². The van der Waals surface area contributed by atoms with Crippen molar-refractivity contribution < 1.29 is 0 Å². The summed E-state index contributed by atoms with van der Waals surface area (Å²) in [7, 11) is 0. The van der Waals surface area contributed by atoms with E-state index in [-0.39, 0.29) is 0 Å². The van der Waals surface area contributed by atoms with Crippen LogP contribution in [0.3, 0.4) is 0 Å². The van der Waals surface area contributed by atoms with E-state index in [1.165, 1.54) is 6.42 Å². The zero-order chi connectivity index (χ0) is 7.61. The number of hydrazone groups is 1. The predicted octanol–water partition coefficient (Wildman–Crippen LogP) is 1.63. The molecule has 0 fully saturated rings. The Labute approximate surface area is 62.7 Å². The van der Waals surface area contributed by atoms with Gasteiger partial charge in [0.2, 0.25) is 0 Å². The van der Waals surface area contributed by atoms with Gasteiger partial charge in [-0.25, -0.2) is 0 Å². The van der Waals surface area contributed by atoms with Crippen molar-refractivity contribution in [3.05, 3.63) is 0 Å². The molecule has 58 valence electrons. The summed E-state index contributed by atoms with van der Waals surface area (Å²) >= 11 is 0. The molecular weight excluding hydrogens is 124 g/mol. The lowest BCUT2D eigenvalue weighted by atomic mass is 9.84. The minimum absolute atomic E-state index is 0.399. The molecule has 0 radical (unpaired) electrons. The molecular formula is C8H16N2. The fraction of sp³-hybridized carbons (Fsp3) is 0.875. The van der Waals surface area contributed by atoms with Crippen LogP contribution in [0.5, 0.6) is 0 Å². The minimum Gasteiger partial charge on any atom is -0.310 e. The molecule has 0 aromatic rings. The van der Waals surface area contributed by atoms with Gasteiger partial charge in [0.05, 0.1) is 0 Å². The van der Waals surface area contributed by atoms with E-state index in [1.54, 1.807) is 0 Å². The van der Waals surface area contributed by atoms with E-state index in [0.29, 0.717) is 11.3 Å². The van der Waals surface area contributed by atoms with Crippen LogP contribution in [0.1, 0.15) is 27.2 Å². The van der Waals surface area contributed by atoms with Crippen LogP contribution in [0.25, 0.3) is 0 Å². The Morgan fingerprint density at radius 1 is 1.60 bits per heavy atom. The highest BCUT2D eigenvalue weighted by Gasteiger charge is 2.21. The summed E-state index contributed by atoms with van der Waals surface area (Å²) in [4.78, 5) is 0. The summed E-state index contributed by atoms with van der Waals surface area (Å²) < 4.78 is 0. The molecule has 2 nitrogen and oxygen atoms in total. The first-order valence-corrected chi connectivity index (χ1v) is 3.86. The van der Waals surface area contributed by atoms with Crippen LogP contribution in [0.4, 0.5) is 0 Å². The van der Waals surface area contributed by atoms with Crippen LogP contribution in [0.2, 0.25) is 0 Å². The molecule has 0 saturated heterocycles. The molecule has 1 N–H and O–H groups in total. The maximum absolute atomic E-state index is 4.07. The van der Waals surface area contributed by atoms with Gasteiger partial charge in [-0.3, -0.25) is 0 Å². The Kier molecular flexibility index (Phi) is 1.97. The molecule has 0 aliphatic carbocycles. The van der Waals surface area contributed by atoms with Gasteiger partial charge in [0.1, 0.15) is 0 Å². The van der Waals surface area contributed by atoms with Crippen molar-refractivity contribution in [2.24, 2.45) is 16.4 Å². The highest BCUT2D eigenvalue weighted by molar-refractivity contribution is 5.60. The fourth-order valence-electron chi connectivity index (χ4n) is 1.44. The van der Waals surface area contributed by atoms with Crippen LogP contribution in [0.15, 0.2) is 5.10 Å². The summed E-state index contributed by atoms with van der Waals surface area (Å²) in [5.74, 6) is 0.616. The van der Waals surface area contributed by atoms with Crippen LogP contribution in [0, 0.1) is 11.3 Å². The van der Waals surface area contributed by atoms with Crippen LogP contribution < -0.4 is 5.43 Å². The molecule has 1 heterocycles. The molecule has 0 aromatic carbocycles. The first-order chi connectivity index (χ1) is 4.60. The molecule has 0 spiro atoms. The van der Waals surface area contributed by atoms with Crippen LogP contribution in [-0.4, -0.2) is 12.8 Å². The van der Waals surface area contributed by atoms with E-state index in [4.69, 9.17) is 0 Å². The zero-order valence-electron chi connectivity index (χ0n) is 7.02. The molecule has 10 heavy (non-hydrogen) atoms. The first-order valence-electron chi connectivity index (χ1n) is 3.86. The smallest absolute Gasteiger partial charge is 0.0380 e. The van der Waals surface area contributed by atoms with Gasteiger partial charge < -0.3 is 5.43 Å². The highest BCUT2D eigenvalue weighted by Crippen LogP contribution is 2.24. The lowest BCUT2D eigenvalue weighted by Crippen LogP contribution is -2.25. The van der Waals surface area contributed by atoms with Gasteiger partial charge in [0.25, 0.3) is 0 Å². The summed E-state index contributed by atoms with van der Waals surface area (Å²) in [5, 5.41) is 4.07. The van der Waals surface area contributed by atoms with Crippen LogP contribution in [-0.2, 0) is 0 Å². The Bertz CT molecular complexity index is 138. The number of nitrogens with zero attached hydrogens (tertiary/aromatic N) is 1. The third-order valence-corrected chi connectivity index (χ3v) is 1.85. The van der Waals surface area contributed by atoms with E-state index < -0.39 is 0 Å². The molecule has 1 aliphatic rings. The van der Waals surface area contributed by atoms with E-state index >= 15 is 0 Å². The lowest BCUT2D eigenvalue weighted by Gasteiger charge is -2.23. The topological polar surface area (TPSA) is 24.4 Å². The van der Waals surface area contributed by atoms with E-state index in [1.807, 2.05) is 6.21 Å². The number of rotatable bonds is 0. The second kappa shape index (κ2) is 2.60. The molecule has 0 bridgehead atoms. The SMILES string of the molecule is CC1C=NNCC(C)(C)C1. The van der Waals surface area contributed by atoms with Gasteiger partial charge in [0.15, 0.2) is 0 Å².